The molecular weight excluding hydrogens is 342 g/mol. The average Bonchev–Trinajstić information content (AvgIpc) is 3.51. The van der Waals surface area contributed by atoms with Gasteiger partial charge in [0.15, 0.2) is 6.61 Å². The van der Waals surface area contributed by atoms with Crippen molar-refractivity contribution in [1.82, 2.24) is 4.90 Å². The fourth-order valence-electron chi connectivity index (χ4n) is 4.06. The van der Waals surface area contributed by atoms with Crippen LogP contribution in [0.4, 0.5) is 0 Å². The number of hydrogen-bond acceptors (Lipinski definition) is 4. The SMILES string of the molecule is Cc1ccc(OCC(=O)N2CCC3(CC2)CC(OCC2CC2)CCO3)cc1. The lowest BCUT2D eigenvalue weighted by Crippen LogP contribution is -2.52. The van der Waals surface area contributed by atoms with Crippen molar-refractivity contribution in [1.29, 1.82) is 0 Å². The van der Waals surface area contributed by atoms with Crippen LogP contribution in [0.5, 0.6) is 5.75 Å². The predicted octanol–water partition coefficient (Wildman–Crippen LogP) is 3.34. The molecule has 2 heterocycles. The number of hydrogen-bond donors (Lipinski definition) is 0. The van der Waals surface area contributed by atoms with E-state index in [-0.39, 0.29) is 18.1 Å². The zero-order chi connectivity index (χ0) is 18.7. The maximum Gasteiger partial charge on any atom is 0.260 e. The van der Waals surface area contributed by atoms with Gasteiger partial charge in [-0.15, -0.1) is 0 Å². The van der Waals surface area contributed by atoms with Crippen LogP contribution in [0.2, 0.25) is 0 Å². The van der Waals surface area contributed by atoms with Crippen LogP contribution in [-0.4, -0.2) is 55.4 Å². The number of nitrogens with zero attached hydrogens (tertiary/aromatic N) is 1. The van der Waals surface area contributed by atoms with E-state index in [1.807, 2.05) is 36.1 Å². The Labute approximate surface area is 162 Å². The normalized spacial score (nSPS) is 24.8. The molecule has 1 aliphatic carbocycles. The van der Waals surface area contributed by atoms with E-state index in [2.05, 4.69) is 0 Å². The number of amides is 1. The molecule has 1 unspecified atom stereocenters. The first kappa shape index (κ1) is 18.8. The molecule has 1 amide bonds. The van der Waals surface area contributed by atoms with Crippen molar-refractivity contribution in [3.05, 3.63) is 29.8 Å². The number of carbonyl (C=O) groups excluding carboxylic acids is 1. The smallest absolute Gasteiger partial charge is 0.260 e. The van der Waals surface area contributed by atoms with Crippen molar-refractivity contribution in [3.63, 3.8) is 0 Å². The Morgan fingerprint density at radius 2 is 1.93 bits per heavy atom. The van der Waals surface area contributed by atoms with Crippen molar-refractivity contribution >= 4 is 5.91 Å². The second-order valence-electron chi connectivity index (χ2n) is 8.41. The lowest BCUT2D eigenvalue weighted by atomic mass is 9.83. The van der Waals surface area contributed by atoms with E-state index >= 15 is 0 Å². The predicted molar refractivity (Wildman–Crippen MR) is 103 cm³/mol. The molecule has 2 saturated heterocycles. The highest BCUT2D eigenvalue weighted by Crippen LogP contribution is 2.37. The summed E-state index contributed by atoms with van der Waals surface area (Å²) in [6, 6.07) is 7.80. The van der Waals surface area contributed by atoms with E-state index in [1.165, 1.54) is 18.4 Å². The summed E-state index contributed by atoms with van der Waals surface area (Å²) in [5, 5.41) is 0. The van der Waals surface area contributed by atoms with Crippen LogP contribution in [0.25, 0.3) is 0 Å². The fraction of sp³-hybridized carbons (Fsp3) is 0.682. The molecule has 3 fully saturated rings. The minimum atomic E-state index is -0.0962. The van der Waals surface area contributed by atoms with Crippen LogP contribution in [-0.2, 0) is 14.3 Å². The summed E-state index contributed by atoms with van der Waals surface area (Å²) >= 11 is 0. The molecule has 1 spiro atoms. The van der Waals surface area contributed by atoms with Crippen molar-refractivity contribution < 1.29 is 19.0 Å². The van der Waals surface area contributed by atoms with Crippen LogP contribution < -0.4 is 4.74 Å². The lowest BCUT2D eigenvalue weighted by molar-refractivity contribution is -0.162. The van der Waals surface area contributed by atoms with Gasteiger partial charge in [0.05, 0.1) is 11.7 Å². The maximum atomic E-state index is 12.5. The summed E-state index contributed by atoms with van der Waals surface area (Å²) in [7, 11) is 0. The Balaban J connectivity index is 1.22. The van der Waals surface area contributed by atoms with Gasteiger partial charge >= 0.3 is 0 Å². The number of likely N-dealkylation sites (tertiary alicyclic amines) is 1. The maximum absolute atomic E-state index is 12.5. The van der Waals surface area contributed by atoms with Gasteiger partial charge in [0, 0.05) is 32.7 Å². The molecule has 4 rings (SSSR count). The molecule has 5 nitrogen and oxygen atoms in total. The van der Waals surface area contributed by atoms with Crippen molar-refractivity contribution in [2.75, 3.05) is 32.9 Å². The summed E-state index contributed by atoms with van der Waals surface area (Å²) in [4.78, 5) is 14.4. The third-order valence-electron chi connectivity index (χ3n) is 6.12. The first-order chi connectivity index (χ1) is 13.1. The van der Waals surface area contributed by atoms with E-state index in [9.17, 15) is 4.79 Å². The minimum Gasteiger partial charge on any atom is -0.484 e. The second-order valence-corrected chi connectivity index (χ2v) is 8.41. The van der Waals surface area contributed by atoms with Gasteiger partial charge < -0.3 is 19.1 Å². The van der Waals surface area contributed by atoms with Gasteiger partial charge in [-0.1, -0.05) is 17.7 Å². The number of aryl methyl sites for hydroxylation is 1. The van der Waals surface area contributed by atoms with Crippen LogP contribution in [0, 0.1) is 12.8 Å². The molecule has 1 atom stereocenters. The monoisotopic (exact) mass is 373 g/mol. The van der Waals surface area contributed by atoms with E-state index < -0.39 is 0 Å². The minimum absolute atomic E-state index is 0.0581. The van der Waals surface area contributed by atoms with E-state index in [1.54, 1.807) is 0 Å². The van der Waals surface area contributed by atoms with Gasteiger partial charge in [0.1, 0.15) is 5.75 Å². The van der Waals surface area contributed by atoms with E-state index in [0.29, 0.717) is 6.10 Å². The average molecular weight is 373 g/mol. The highest BCUT2D eigenvalue weighted by molar-refractivity contribution is 5.77. The lowest BCUT2D eigenvalue weighted by Gasteiger charge is -2.46. The zero-order valence-corrected chi connectivity index (χ0v) is 16.3. The van der Waals surface area contributed by atoms with Gasteiger partial charge in [0.25, 0.3) is 5.91 Å². The molecule has 5 heteroatoms. The topological polar surface area (TPSA) is 48.0 Å². The molecule has 0 N–H and O–H groups in total. The summed E-state index contributed by atoms with van der Waals surface area (Å²) < 4.78 is 18.0. The summed E-state index contributed by atoms with van der Waals surface area (Å²) in [5.74, 6) is 1.60. The largest absolute Gasteiger partial charge is 0.484 e. The Kier molecular flexibility index (Phi) is 5.69. The Morgan fingerprint density at radius 3 is 2.63 bits per heavy atom. The standard InChI is InChI=1S/C22H31NO4/c1-17-2-6-19(7-3-17)26-16-21(24)23-11-9-22(10-12-23)14-20(8-13-27-22)25-15-18-4-5-18/h2-3,6-7,18,20H,4-5,8-16H2,1H3. The number of ether oxygens (including phenoxy) is 3. The number of rotatable bonds is 6. The van der Waals surface area contributed by atoms with Crippen LogP contribution in [0.1, 0.15) is 44.1 Å². The quantitative estimate of drug-likeness (QED) is 0.767. The fourth-order valence-corrected chi connectivity index (χ4v) is 4.06. The van der Waals surface area contributed by atoms with E-state index in [0.717, 1.165) is 63.7 Å². The van der Waals surface area contributed by atoms with Crippen molar-refractivity contribution in [3.8, 4) is 5.75 Å². The van der Waals surface area contributed by atoms with Crippen molar-refractivity contribution in [2.45, 2.75) is 57.2 Å². The summed E-state index contributed by atoms with van der Waals surface area (Å²) in [6.07, 6.45) is 6.75. The number of benzene rings is 1. The van der Waals surface area contributed by atoms with Gasteiger partial charge in [-0.25, -0.2) is 0 Å². The molecule has 1 saturated carbocycles. The zero-order valence-electron chi connectivity index (χ0n) is 16.3. The van der Waals surface area contributed by atoms with Gasteiger partial charge in [-0.05, 0) is 57.1 Å². The summed E-state index contributed by atoms with van der Waals surface area (Å²) in [6.45, 7) is 5.32. The van der Waals surface area contributed by atoms with Gasteiger partial charge in [-0.3, -0.25) is 4.79 Å². The molecule has 0 radical (unpaired) electrons. The molecule has 2 aliphatic heterocycles. The molecule has 3 aliphatic rings. The van der Waals surface area contributed by atoms with E-state index in [4.69, 9.17) is 14.2 Å². The molecule has 148 valence electrons. The van der Waals surface area contributed by atoms with Crippen LogP contribution in [0.15, 0.2) is 24.3 Å². The molecule has 1 aromatic carbocycles. The Bertz CT molecular complexity index is 632. The molecular formula is C22H31NO4. The van der Waals surface area contributed by atoms with Crippen LogP contribution in [0.3, 0.4) is 0 Å². The molecule has 0 bridgehead atoms. The molecule has 1 aromatic rings. The third kappa shape index (κ3) is 5.02. The van der Waals surface area contributed by atoms with Crippen LogP contribution >= 0.6 is 0 Å². The Morgan fingerprint density at radius 1 is 1.19 bits per heavy atom. The molecule has 0 aromatic heterocycles. The van der Waals surface area contributed by atoms with Crippen molar-refractivity contribution in [2.24, 2.45) is 5.92 Å². The highest BCUT2D eigenvalue weighted by Gasteiger charge is 2.41. The molecule has 27 heavy (non-hydrogen) atoms. The van der Waals surface area contributed by atoms with Gasteiger partial charge in [0.2, 0.25) is 0 Å². The number of piperidine rings is 1. The first-order valence-electron chi connectivity index (χ1n) is 10.3. The number of carbonyl (C=O) groups is 1. The Hall–Kier alpha value is -1.59. The third-order valence-corrected chi connectivity index (χ3v) is 6.12. The highest BCUT2D eigenvalue weighted by atomic mass is 16.5. The first-order valence-corrected chi connectivity index (χ1v) is 10.3. The van der Waals surface area contributed by atoms with Gasteiger partial charge in [-0.2, -0.15) is 0 Å². The summed E-state index contributed by atoms with van der Waals surface area (Å²) in [5.41, 5.74) is 1.09. The second kappa shape index (κ2) is 8.19.